The number of thiophene rings is 1. The lowest BCUT2D eigenvalue weighted by Crippen LogP contribution is -2.18. The number of pyridine rings is 1. The SMILES string of the molecule is CNC(c1ccc(Cl)s1)c1nc2ccccc2cc1Br. The Morgan fingerprint density at radius 3 is 2.75 bits per heavy atom. The summed E-state index contributed by atoms with van der Waals surface area (Å²) < 4.78 is 1.79. The van der Waals surface area contributed by atoms with Crippen molar-refractivity contribution in [1.82, 2.24) is 10.3 Å². The van der Waals surface area contributed by atoms with Crippen LogP contribution in [0.4, 0.5) is 0 Å². The number of nitrogens with zero attached hydrogens (tertiary/aromatic N) is 1. The average molecular weight is 368 g/mol. The molecular weight excluding hydrogens is 356 g/mol. The van der Waals surface area contributed by atoms with Crippen LogP contribution in [0, 0.1) is 0 Å². The van der Waals surface area contributed by atoms with Crippen molar-refractivity contribution < 1.29 is 0 Å². The molecule has 0 aliphatic rings. The fourth-order valence-electron chi connectivity index (χ4n) is 2.20. The summed E-state index contributed by atoms with van der Waals surface area (Å²) in [5.41, 5.74) is 1.97. The van der Waals surface area contributed by atoms with Gasteiger partial charge in [-0.15, -0.1) is 11.3 Å². The third-order valence-corrected chi connectivity index (χ3v) is 5.08. The first-order valence-corrected chi connectivity index (χ1v) is 8.15. The molecule has 2 heterocycles. The quantitative estimate of drug-likeness (QED) is 0.703. The maximum atomic E-state index is 6.04. The van der Waals surface area contributed by atoms with Crippen molar-refractivity contribution in [3.63, 3.8) is 0 Å². The van der Waals surface area contributed by atoms with Gasteiger partial charge in [0.15, 0.2) is 0 Å². The van der Waals surface area contributed by atoms with Crippen LogP contribution in [-0.4, -0.2) is 12.0 Å². The topological polar surface area (TPSA) is 24.9 Å². The van der Waals surface area contributed by atoms with Crippen LogP contribution in [-0.2, 0) is 0 Å². The first-order valence-electron chi connectivity index (χ1n) is 6.16. The Hall–Kier alpha value is -0.940. The summed E-state index contributed by atoms with van der Waals surface area (Å²) in [4.78, 5) is 5.94. The van der Waals surface area contributed by atoms with E-state index < -0.39 is 0 Å². The normalized spacial score (nSPS) is 12.8. The van der Waals surface area contributed by atoms with E-state index in [1.165, 1.54) is 0 Å². The van der Waals surface area contributed by atoms with Crippen molar-refractivity contribution in [3.8, 4) is 0 Å². The van der Waals surface area contributed by atoms with Crippen LogP contribution in [0.25, 0.3) is 10.9 Å². The molecule has 1 aromatic carbocycles. The first-order chi connectivity index (χ1) is 9.69. The zero-order chi connectivity index (χ0) is 14.1. The van der Waals surface area contributed by atoms with E-state index in [9.17, 15) is 0 Å². The molecular formula is C15H12BrClN2S. The summed E-state index contributed by atoms with van der Waals surface area (Å²) >= 11 is 11.2. The van der Waals surface area contributed by atoms with Crippen LogP contribution in [0.5, 0.6) is 0 Å². The number of hydrogen-bond acceptors (Lipinski definition) is 3. The number of fused-ring (bicyclic) bond motifs is 1. The summed E-state index contributed by atoms with van der Waals surface area (Å²) in [5.74, 6) is 0. The van der Waals surface area contributed by atoms with Crippen molar-refractivity contribution in [3.05, 3.63) is 61.8 Å². The van der Waals surface area contributed by atoms with Crippen LogP contribution in [0.2, 0.25) is 4.34 Å². The van der Waals surface area contributed by atoms with Gasteiger partial charge in [0.05, 0.1) is 21.6 Å². The van der Waals surface area contributed by atoms with E-state index >= 15 is 0 Å². The number of para-hydroxylation sites is 1. The molecule has 1 unspecified atom stereocenters. The van der Waals surface area contributed by atoms with Gasteiger partial charge in [0.1, 0.15) is 0 Å². The largest absolute Gasteiger partial charge is 0.307 e. The molecule has 0 radical (unpaired) electrons. The van der Waals surface area contributed by atoms with Crippen LogP contribution in [0.1, 0.15) is 16.6 Å². The summed E-state index contributed by atoms with van der Waals surface area (Å²) in [6.07, 6.45) is 0. The number of benzene rings is 1. The first kappa shape index (κ1) is 14.0. The van der Waals surface area contributed by atoms with Gasteiger partial charge in [-0.3, -0.25) is 0 Å². The Labute approximate surface area is 134 Å². The van der Waals surface area contributed by atoms with E-state index in [-0.39, 0.29) is 6.04 Å². The number of halogens is 2. The van der Waals surface area contributed by atoms with E-state index in [2.05, 4.69) is 33.4 Å². The molecule has 0 spiro atoms. The number of aromatic nitrogens is 1. The Morgan fingerprint density at radius 1 is 1.25 bits per heavy atom. The second-order valence-corrected chi connectivity index (χ2v) is 7.01. The van der Waals surface area contributed by atoms with Gasteiger partial charge in [0.25, 0.3) is 0 Å². The van der Waals surface area contributed by atoms with Gasteiger partial charge < -0.3 is 5.32 Å². The smallest absolute Gasteiger partial charge is 0.0931 e. The maximum absolute atomic E-state index is 6.04. The van der Waals surface area contributed by atoms with Crippen LogP contribution in [0.15, 0.2) is 46.9 Å². The van der Waals surface area contributed by atoms with Crippen molar-refractivity contribution in [2.45, 2.75) is 6.04 Å². The van der Waals surface area contributed by atoms with Gasteiger partial charge in [-0.2, -0.15) is 0 Å². The number of hydrogen-bond donors (Lipinski definition) is 1. The van der Waals surface area contributed by atoms with Crippen molar-refractivity contribution in [2.75, 3.05) is 7.05 Å². The molecule has 1 atom stereocenters. The molecule has 3 rings (SSSR count). The molecule has 3 aromatic rings. The highest BCUT2D eigenvalue weighted by Crippen LogP contribution is 2.34. The third kappa shape index (κ3) is 2.61. The fourth-order valence-corrected chi connectivity index (χ4v) is 3.94. The van der Waals surface area contributed by atoms with Crippen LogP contribution >= 0.6 is 38.9 Å². The number of rotatable bonds is 3. The highest BCUT2D eigenvalue weighted by Gasteiger charge is 2.19. The molecule has 0 bridgehead atoms. The van der Waals surface area contributed by atoms with Crippen LogP contribution in [0.3, 0.4) is 0 Å². The van der Waals surface area contributed by atoms with E-state index in [1.54, 1.807) is 11.3 Å². The fraction of sp³-hybridized carbons (Fsp3) is 0.133. The molecule has 5 heteroatoms. The lowest BCUT2D eigenvalue weighted by molar-refractivity contribution is 0.682. The Morgan fingerprint density at radius 2 is 2.05 bits per heavy atom. The second kappa shape index (κ2) is 5.82. The lowest BCUT2D eigenvalue weighted by atomic mass is 10.1. The maximum Gasteiger partial charge on any atom is 0.0931 e. The summed E-state index contributed by atoms with van der Waals surface area (Å²) in [7, 11) is 1.93. The van der Waals surface area contributed by atoms with E-state index in [4.69, 9.17) is 16.6 Å². The molecule has 0 saturated carbocycles. The van der Waals surface area contributed by atoms with E-state index in [1.807, 2.05) is 37.4 Å². The zero-order valence-corrected chi connectivity index (χ0v) is 13.9. The average Bonchev–Trinajstić information content (AvgIpc) is 2.86. The molecule has 1 N–H and O–H groups in total. The molecule has 0 aliphatic carbocycles. The van der Waals surface area contributed by atoms with Gasteiger partial charge in [0, 0.05) is 14.7 Å². The predicted octanol–water partition coefficient (Wildman–Crippen LogP) is 5.02. The molecule has 2 nitrogen and oxygen atoms in total. The van der Waals surface area contributed by atoms with E-state index in [0.717, 1.165) is 30.3 Å². The van der Waals surface area contributed by atoms with Crippen LogP contribution < -0.4 is 5.32 Å². The molecule has 20 heavy (non-hydrogen) atoms. The minimum atomic E-state index is 0.0338. The van der Waals surface area contributed by atoms with Gasteiger partial charge in [-0.25, -0.2) is 4.98 Å². The predicted molar refractivity (Wildman–Crippen MR) is 89.7 cm³/mol. The van der Waals surface area contributed by atoms with Gasteiger partial charge in [-0.05, 0) is 47.2 Å². The van der Waals surface area contributed by atoms with Crippen molar-refractivity contribution in [1.29, 1.82) is 0 Å². The Balaban J connectivity index is 2.14. The molecule has 0 aliphatic heterocycles. The van der Waals surface area contributed by atoms with Crippen molar-refractivity contribution >= 4 is 49.8 Å². The van der Waals surface area contributed by atoms with Crippen molar-refractivity contribution in [2.24, 2.45) is 0 Å². The Bertz CT molecular complexity index is 756. The Kier molecular flexibility index (Phi) is 4.08. The monoisotopic (exact) mass is 366 g/mol. The van der Waals surface area contributed by atoms with Gasteiger partial charge in [0.2, 0.25) is 0 Å². The minimum absolute atomic E-state index is 0.0338. The zero-order valence-electron chi connectivity index (χ0n) is 10.7. The standard InChI is InChI=1S/C15H12BrClN2S/c1-18-15(12-6-7-13(17)20-12)14-10(16)8-9-4-2-3-5-11(9)19-14/h2-8,15,18H,1H3. The molecule has 0 amide bonds. The summed E-state index contributed by atoms with van der Waals surface area (Å²) in [5, 5.41) is 4.44. The van der Waals surface area contributed by atoms with E-state index in [0.29, 0.717) is 0 Å². The molecule has 0 saturated heterocycles. The minimum Gasteiger partial charge on any atom is -0.307 e. The molecule has 0 fully saturated rings. The molecule has 102 valence electrons. The molecule has 2 aromatic heterocycles. The lowest BCUT2D eigenvalue weighted by Gasteiger charge is -2.16. The second-order valence-electron chi connectivity index (χ2n) is 4.41. The summed E-state index contributed by atoms with van der Waals surface area (Å²) in [6.45, 7) is 0. The number of nitrogens with one attached hydrogen (secondary N) is 1. The summed E-state index contributed by atoms with van der Waals surface area (Å²) in [6, 6.07) is 14.2. The third-order valence-electron chi connectivity index (χ3n) is 3.15. The van der Waals surface area contributed by atoms with Gasteiger partial charge >= 0.3 is 0 Å². The highest BCUT2D eigenvalue weighted by atomic mass is 79.9. The highest BCUT2D eigenvalue weighted by molar-refractivity contribution is 9.10. The van der Waals surface area contributed by atoms with Gasteiger partial charge in [-0.1, -0.05) is 29.8 Å².